The van der Waals surface area contributed by atoms with Gasteiger partial charge < -0.3 is 10.1 Å². The predicted octanol–water partition coefficient (Wildman–Crippen LogP) is 2.15. The van der Waals surface area contributed by atoms with Gasteiger partial charge in [-0.3, -0.25) is 5.32 Å². The summed E-state index contributed by atoms with van der Waals surface area (Å²) in [6, 6.07) is 8.42. The number of amides is 1. The average molecular weight is 279 g/mol. The van der Waals surface area contributed by atoms with E-state index in [1.54, 1.807) is 11.8 Å². The highest BCUT2D eigenvalue weighted by molar-refractivity contribution is 7.98. The van der Waals surface area contributed by atoms with Crippen LogP contribution < -0.4 is 10.6 Å². The van der Waals surface area contributed by atoms with Crippen molar-refractivity contribution in [2.24, 2.45) is 4.99 Å². The Hall–Kier alpha value is -1.69. The second kappa shape index (κ2) is 6.47. The van der Waals surface area contributed by atoms with Crippen LogP contribution in [0.3, 0.4) is 0 Å². The smallest absolute Gasteiger partial charge is 0.413 e. The summed E-state index contributed by atoms with van der Waals surface area (Å²) in [6.45, 7) is 0.776. The van der Waals surface area contributed by atoms with Crippen molar-refractivity contribution in [3.05, 3.63) is 29.8 Å². The molecule has 1 heterocycles. The van der Waals surface area contributed by atoms with Crippen molar-refractivity contribution in [2.75, 3.05) is 19.9 Å². The van der Waals surface area contributed by atoms with Crippen molar-refractivity contribution in [3.63, 3.8) is 0 Å². The Kier molecular flexibility index (Phi) is 4.68. The molecule has 6 heteroatoms. The van der Waals surface area contributed by atoms with Gasteiger partial charge in [-0.1, -0.05) is 12.1 Å². The van der Waals surface area contributed by atoms with Gasteiger partial charge in [-0.05, 0) is 30.4 Å². The molecule has 102 valence electrons. The van der Waals surface area contributed by atoms with Crippen LogP contribution in [0.1, 0.15) is 18.0 Å². The largest absolute Gasteiger partial charge is 0.453 e. The molecule has 1 atom stereocenters. The first-order valence-electron chi connectivity index (χ1n) is 6.03. The molecule has 2 N–H and O–H groups in total. The van der Waals surface area contributed by atoms with Crippen molar-refractivity contribution in [3.8, 4) is 0 Å². The molecule has 1 aliphatic rings. The van der Waals surface area contributed by atoms with Gasteiger partial charge in [0.15, 0.2) is 0 Å². The van der Waals surface area contributed by atoms with E-state index < -0.39 is 6.09 Å². The first kappa shape index (κ1) is 13.7. The molecule has 0 radical (unpaired) electrons. The van der Waals surface area contributed by atoms with Crippen molar-refractivity contribution in [2.45, 2.75) is 17.4 Å². The quantitative estimate of drug-likeness (QED) is 0.814. The molecule has 19 heavy (non-hydrogen) atoms. The Bertz CT molecular complexity index is 473. The molecule has 0 aromatic heterocycles. The third-order valence-corrected chi connectivity index (χ3v) is 3.65. The first-order chi connectivity index (χ1) is 9.22. The van der Waals surface area contributed by atoms with E-state index in [9.17, 15) is 4.79 Å². The average Bonchev–Trinajstić information content (AvgIpc) is 2.47. The lowest BCUT2D eigenvalue weighted by atomic mass is 10.0. The van der Waals surface area contributed by atoms with Crippen LogP contribution in [0.15, 0.2) is 34.2 Å². The standard InChI is InChI=1S/C13H17N3O2S/c1-18-13(17)16-12-14-8-7-11(15-12)9-3-5-10(19-2)6-4-9/h3-6,11H,7-8H2,1-2H3,(H2,14,15,16,17). The summed E-state index contributed by atoms with van der Waals surface area (Å²) in [4.78, 5) is 16.9. The maximum absolute atomic E-state index is 11.1. The highest BCUT2D eigenvalue weighted by Gasteiger charge is 2.17. The van der Waals surface area contributed by atoms with E-state index in [1.807, 2.05) is 0 Å². The second-order valence-corrected chi connectivity index (χ2v) is 4.98. The summed E-state index contributed by atoms with van der Waals surface area (Å²) in [5.41, 5.74) is 1.16. The zero-order valence-electron chi connectivity index (χ0n) is 11.0. The van der Waals surface area contributed by atoms with E-state index in [4.69, 9.17) is 0 Å². The molecule has 0 aliphatic carbocycles. The van der Waals surface area contributed by atoms with Crippen LogP contribution in [-0.4, -0.2) is 32.0 Å². The minimum atomic E-state index is -0.510. The fraction of sp³-hybridized carbons (Fsp3) is 0.385. The SMILES string of the molecule is COC(=O)NC1=NC(c2ccc(SC)cc2)CCN1. The van der Waals surface area contributed by atoms with Crippen LogP contribution in [0.5, 0.6) is 0 Å². The van der Waals surface area contributed by atoms with Crippen molar-refractivity contribution >= 4 is 23.8 Å². The zero-order chi connectivity index (χ0) is 13.7. The van der Waals surface area contributed by atoms with Gasteiger partial charge in [0.05, 0.1) is 13.2 Å². The number of hydrogen-bond donors (Lipinski definition) is 2. The molecule has 2 rings (SSSR count). The number of nitrogens with one attached hydrogen (secondary N) is 2. The summed E-state index contributed by atoms with van der Waals surface area (Å²) in [5.74, 6) is 0.469. The van der Waals surface area contributed by atoms with Gasteiger partial charge in [0, 0.05) is 11.4 Å². The number of thioether (sulfide) groups is 1. The number of methoxy groups -OCH3 is 1. The zero-order valence-corrected chi connectivity index (χ0v) is 11.8. The first-order valence-corrected chi connectivity index (χ1v) is 7.26. The lowest BCUT2D eigenvalue weighted by Gasteiger charge is -2.22. The molecule has 0 saturated carbocycles. The van der Waals surface area contributed by atoms with Crippen LogP contribution in [0.2, 0.25) is 0 Å². The normalized spacial score (nSPS) is 18.2. The molecule has 1 aromatic rings. The second-order valence-electron chi connectivity index (χ2n) is 4.10. The molecule has 1 amide bonds. The van der Waals surface area contributed by atoms with Crippen LogP contribution >= 0.6 is 11.8 Å². The predicted molar refractivity (Wildman–Crippen MR) is 76.6 cm³/mol. The van der Waals surface area contributed by atoms with E-state index in [0.29, 0.717) is 5.96 Å². The Morgan fingerprint density at radius 3 is 2.84 bits per heavy atom. The highest BCUT2D eigenvalue weighted by Crippen LogP contribution is 2.25. The van der Waals surface area contributed by atoms with Gasteiger partial charge in [0.25, 0.3) is 0 Å². The van der Waals surface area contributed by atoms with Crippen molar-refractivity contribution < 1.29 is 9.53 Å². The molecule has 5 nitrogen and oxygen atoms in total. The monoisotopic (exact) mass is 279 g/mol. The third kappa shape index (κ3) is 3.64. The number of alkyl carbamates (subject to hydrolysis) is 1. The number of hydrogen-bond acceptors (Lipinski definition) is 5. The summed E-state index contributed by atoms with van der Waals surface area (Å²) >= 11 is 1.71. The molecule has 0 fully saturated rings. The molecule has 1 aromatic carbocycles. The van der Waals surface area contributed by atoms with Crippen molar-refractivity contribution in [1.29, 1.82) is 0 Å². The van der Waals surface area contributed by atoms with E-state index in [1.165, 1.54) is 12.0 Å². The summed E-state index contributed by atoms with van der Waals surface area (Å²) in [5, 5.41) is 5.60. The van der Waals surface area contributed by atoms with E-state index >= 15 is 0 Å². The lowest BCUT2D eigenvalue weighted by molar-refractivity contribution is 0.176. The number of guanidine groups is 1. The Morgan fingerprint density at radius 1 is 1.47 bits per heavy atom. The Labute approximate surface area is 116 Å². The summed E-state index contributed by atoms with van der Waals surface area (Å²) in [7, 11) is 1.33. The fourth-order valence-corrected chi connectivity index (χ4v) is 2.29. The van der Waals surface area contributed by atoms with Crippen molar-refractivity contribution in [1.82, 2.24) is 10.6 Å². The maximum Gasteiger partial charge on any atom is 0.413 e. The molecule has 0 spiro atoms. The van der Waals surface area contributed by atoms with Gasteiger partial charge in [0.2, 0.25) is 5.96 Å². The van der Waals surface area contributed by atoms with Gasteiger partial charge in [-0.15, -0.1) is 11.8 Å². The Balaban J connectivity index is 2.10. The number of carbonyl (C=O) groups is 1. The molecule has 1 aliphatic heterocycles. The molecule has 0 bridgehead atoms. The summed E-state index contributed by atoms with van der Waals surface area (Å²) in [6.07, 6.45) is 2.45. The molecule has 1 unspecified atom stereocenters. The highest BCUT2D eigenvalue weighted by atomic mass is 32.2. The minimum Gasteiger partial charge on any atom is -0.453 e. The van der Waals surface area contributed by atoms with Crippen LogP contribution in [0, 0.1) is 0 Å². The fourth-order valence-electron chi connectivity index (χ4n) is 1.88. The number of carbonyl (C=O) groups excluding carboxylic acids is 1. The number of ether oxygens (including phenoxy) is 1. The molecular weight excluding hydrogens is 262 g/mol. The number of benzene rings is 1. The Morgan fingerprint density at radius 2 is 2.21 bits per heavy atom. The maximum atomic E-state index is 11.1. The van der Waals surface area contributed by atoms with Gasteiger partial charge in [-0.2, -0.15) is 0 Å². The van der Waals surface area contributed by atoms with E-state index in [-0.39, 0.29) is 6.04 Å². The van der Waals surface area contributed by atoms with Gasteiger partial charge >= 0.3 is 6.09 Å². The number of rotatable bonds is 2. The minimum absolute atomic E-state index is 0.0734. The topological polar surface area (TPSA) is 62.7 Å². The van der Waals surface area contributed by atoms with Crippen LogP contribution in [0.4, 0.5) is 4.79 Å². The summed E-state index contributed by atoms with van der Waals surface area (Å²) < 4.78 is 4.55. The van der Waals surface area contributed by atoms with Crippen LogP contribution in [0.25, 0.3) is 0 Å². The molecular formula is C13H17N3O2S. The van der Waals surface area contributed by atoms with E-state index in [2.05, 4.69) is 50.9 Å². The van der Waals surface area contributed by atoms with Gasteiger partial charge in [0.1, 0.15) is 0 Å². The molecule has 0 saturated heterocycles. The number of nitrogens with zero attached hydrogens (tertiary/aromatic N) is 1. The lowest BCUT2D eigenvalue weighted by Crippen LogP contribution is -2.44. The number of aliphatic imine (C=N–C) groups is 1. The van der Waals surface area contributed by atoms with Crippen LogP contribution in [-0.2, 0) is 4.74 Å². The van der Waals surface area contributed by atoms with Gasteiger partial charge in [-0.25, -0.2) is 9.79 Å². The van der Waals surface area contributed by atoms with E-state index in [0.717, 1.165) is 18.5 Å². The third-order valence-electron chi connectivity index (χ3n) is 2.90.